The van der Waals surface area contributed by atoms with E-state index in [0.717, 1.165) is 11.9 Å². The van der Waals surface area contributed by atoms with Crippen molar-refractivity contribution in [3.05, 3.63) is 46.4 Å². The average Bonchev–Trinajstić information content (AvgIpc) is 3.03. The quantitative estimate of drug-likeness (QED) is 0.385. The smallest absolute Gasteiger partial charge is 0.343 e. The third kappa shape index (κ3) is 5.11. The number of halogens is 2. The van der Waals surface area contributed by atoms with E-state index in [1.807, 2.05) is 17.0 Å². The Hall–Kier alpha value is -2.32. The van der Waals surface area contributed by atoms with Gasteiger partial charge in [0.25, 0.3) is 5.91 Å². The summed E-state index contributed by atoms with van der Waals surface area (Å²) in [5, 5.41) is 13.9. The molecule has 0 saturated carbocycles. The van der Waals surface area contributed by atoms with Gasteiger partial charge in [0.1, 0.15) is 6.20 Å². The summed E-state index contributed by atoms with van der Waals surface area (Å²) in [6.45, 7) is 4.54. The van der Waals surface area contributed by atoms with Crippen LogP contribution in [0.1, 0.15) is 18.8 Å². The number of hydrogen-bond acceptors (Lipinski definition) is 5. The largest absolute Gasteiger partial charge is 0.369 e. The molecule has 0 fully saturated rings. The SMILES string of the molecule is Cc1ncc([N+](=O)[O-])n1C(C)C(=O)Nc1ccc(N(CCCl)CCCl)cc1. The molecule has 1 aromatic carbocycles. The van der Waals surface area contributed by atoms with Gasteiger partial charge in [-0.15, -0.1) is 23.2 Å². The number of anilines is 2. The molecule has 2 aromatic rings. The molecule has 0 aliphatic heterocycles. The average molecular weight is 414 g/mol. The Morgan fingerprint density at radius 1 is 1.30 bits per heavy atom. The maximum Gasteiger partial charge on any atom is 0.343 e. The number of nitrogens with one attached hydrogen (secondary N) is 1. The molecule has 0 aliphatic rings. The van der Waals surface area contributed by atoms with Crippen LogP contribution in [-0.4, -0.2) is 45.2 Å². The third-order valence-corrected chi connectivity index (χ3v) is 4.46. The minimum atomic E-state index is -0.781. The second-order valence-corrected chi connectivity index (χ2v) is 6.62. The molecule has 1 N–H and O–H groups in total. The van der Waals surface area contributed by atoms with Crippen molar-refractivity contribution in [2.75, 3.05) is 35.1 Å². The third-order valence-electron chi connectivity index (χ3n) is 4.12. The van der Waals surface area contributed by atoms with E-state index in [4.69, 9.17) is 23.2 Å². The Balaban J connectivity index is 2.12. The van der Waals surface area contributed by atoms with E-state index in [2.05, 4.69) is 10.3 Å². The maximum absolute atomic E-state index is 12.5. The molecule has 10 heteroatoms. The first-order valence-electron chi connectivity index (χ1n) is 8.35. The normalized spacial score (nSPS) is 11.9. The Morgan fingerprint density at radius 3 is 2.41 bits per heavy atom. The first-order valence-corrected chi connectivity index (χ1v) is 9.42. The first kappa shape index (κ1) is 21.0. The highest BCUT2D eigenvalue weighted by Crippen LogP contribution is 2.23. The van der Waals surface area contributed by atoms with E-state index in [1.54, 1.807) is 26.0 Å². The van der Waals surface area contributed by atoms with Crippen LogP contribution in [0.2, 0.25) is 0 Å². The Bertz CT molecular complexity index is 788. The molecule has 1 heterocycles. The summed E-state index contributed by atoms with van der Waals surface area (Å²) in [5.41, 5.74) is 1.54. The molecule has 8 nitrogen and oxygen atoms in total. The van der Waals surface area contributed by atoms with Crippen molar-refractivity contribution in [3.63, 3.8) is 0 Å². The van der Waals surface area contributed by atoms with Crippen LogP contribution in [0.25, 0.3) is 0 Å². The zero-order valence-corrected chi connectivity index (χ0v) is 16.6. The van der Waals surface area contributed by atoms with Crippen molar-refractivity contribution in [1.29, 1.82) is 0 Å². The van der Waals surface area contributed by atoms with Gasteiger partial charge in [-0.05, 0) is 36.1 Å². The number of aromatic nitrogens is 2. The van der Waals surface area contributed by atoms with Gasteiger partial charge < -0.3 is 20.3 Å². The number of alkyl halides is 2. The Labute approximate surface area is 167 Å². The number of nitrogens with zero attached hydrogens (tertiary/aromatic N) is 4. The molecule has 146 valence electrons. The van der Waals surface area contributed by atoms with Crippen LogP contribution in [0, 0.1) is 17.0 Å². The molecule has 0 spiro atoms. The van der Waals surface area contributed by atoms with Crippen LogP contribution in [0.15, 0.2) is 30.5 Å². The van der Waals surface area contributed by atoms with E-state index < -0.39 is 11.0 Å². The minimum Gasteiger partial charge on any atom is -0.369 e. The van der Waals surface area contributed by atoms with Crippen LogP contribution in [0.4, 0.5) is 17.2 Å². The lowest BCUT2D eigenvalue weighted by molar-refractivity contribution is -0.392. The van der Waals surface area contributed by atoms with Gasteiger partial charge in [0.05, 0.1) is 0 Å². The fourth-order valence-electron chi connectivity index (χ4n) is 2.75. The molecular formula is C17H21Cl2N5O3. The highest BCUT2D eigenvalue weighted by Gasteiger charge is 2.28. The molecule has 0 saturated heterocycles. The van der Waals surface area contributed by atoms with Crippen LogP contribution in [0.5, 0.6) is 0 Å². The number of carbonyl (C=O) groups is 1. The number of imidazole rings is 1. The lowest BCUT2D eigenvalue weighted by Crippen LogP contribution is -2.27. The van der Waals surface area contributed by atoms with Crippen LogP contribution in [-0.2, 0) is 4.79 Å². The molecule has 1 aromatic heterocycles. The lowest BCUT2D eigenvalue weighted by atomic mass is 10.2. The number of benzene rings is 1. The second-order valence-electron chi connectivity index (χ2n) is 5.87. The van der Waals surface area contributed by atoms with Crippen molar-refractivity contribution >= 4 is 46.3 Å². The van der Waals surface area contributed by atoms with Gasteiger partial charge >= 0.3 is 5.82 Å². The van der Waals surface area contributed by atoms with Crippen molar-refractivity contribution in [1.82, 2.24) is 9.55 Å². The molecule has 27 heavy (non-hydrogen) atoms. The molecule has 0 bridgehead atoms. The van der Waals surface area contributed by atoms with E-state index in [9.17, 15) is 14.9 Å². The molecular weight excluding hydrogens is 393 g/mol. The lowest BCUT2D eigenvalue weighted by Gasteiger charge is -2.23. The minimum absolute atomic E-state index is 0.219. The van der Waals surface area contributed by atoms with Gasteiger partial charge in [-0.3, -0.25) is 4.79 Å². The number of amides is 1. The summed E-state index contributed by atoms with van der Waals surface area (Å²) in [7, 11) is 0. The highest BCUT2D eigenvalue weighted by atomic mass is 35.5. The summed E-state index contributed by atoms with van der Waals surface area (Å²) in [6.07, 6.45) is 1.15. The Kier molecular flexibility index (Phi) is 7.44. The van der Waals surface area contributed by atoms with Crippen molar-refractivity contribution < 1.29 is 9.72 Å². The number of aryl methyl sites for hydroxylation is 1. The summed E-state index contributed by atoms with van der Waals surface area (Å²) >= 11 is 11.6. The topological polar surface area (TPSA) is 93.3 Å². The molecule has 0 aliphatic carbocycles. The molecule has 1 atom stereocenters. The van der Waals surface area contributed by atoms with Crippen LogP contribution >= 0.6 is 23.2 Å². The summed E-state index contributed by atoms with van der Waals surface area (Å²) in [4.78, 5) is 29.1. The Morgan fingerprint density at radius 2 is 1.89 bits per heavy atom. The van der Waals surface area contributed by atoms with Gasteiger partial charge in [0, 0.05) is 43.1 Å². The van der Waals surface area contributed by atoms with Crippen molar-refractivity contribution in [2.45, 2.75) is 19.9 Å². The summed E-state index contributed by atoms with van der Waals surface area (Å²) < 4.78 is 1.30. The number of rotatable bonds is 9. The zero-order chi connectivity index (χ0) is 20.0. The van der Waals surface area contributed by atoms with Gasteiger partial charge in [-0.25, -0.2) is 4.98 Å². The van der Waals surface area contributed by atoms with E-state index >= 15 is 0 Å². The maximum atomic E-state index is 12.5. The molecule has 1 amide bonds. The van der Waals surface area contributed by atoms with Crippen LogP contribution in [0.3, 0.4) is 0 Å². The zero-order valence-electron chi connectivity index (χ0n) is 15.1. The molecule has 1 unspecified atom stereocenters. The van der Waals surface area contributed by atoms with Crippen molar-refractivity contribution in [2.24, 2.45) is 0 Å². The van der Waals surface area contributed by atoms with E-state index in [1.165, 1.54) is 4.57 Å². The van der Waals surface area contributed by atoms with Gasteiger partial charge in [-0.2, -0.15) is 4.57 Å². The predicted octanol–water partition coefficient (Wildman–Crippen LogP) is 3.58. The monoisotopic (exact) mass is 413 g/mol. The molecule has 2 rings (SSSR count). The van der Waals surface area contributed by atoms with Gasteiger partial charge in [0.2, 0.25) is 0 Å². The summed E-state index contributed by atoms with van der Waals surface area (Å²) in [5.74, 6) is 0.775. The molecule has 0 radical (unpaired) electrons. The van der Waals surface area contributed by atoms with Gasteiger partial charge in [-0.1, -0.05) is 0 Å². The highest BCUT2D eigenvalue weighted by molar-refractivity contribution is 6.18. The van der Waals surface area contributed by atoms with Crippen LogP contribution < -0.4 is 10.2 Å². The van der Waals surface area contributed by atoms with Gasteiger partial charge in [0.15, 0.2) is 11.9 Å². The second kappa shape index (κ2) is 9.57. The van der Waals surface area contributed by atoms with Crippen molar-refractivity contribution in [3.8, 4) is 0 Å². The number of carbonyl (C=O) groups excluding carboxylic acids is 1. The van der Waals surface area contributed by atoms with E-state index in [-0.39, 0.29) is 11.7 Å². The fourth-order valence-corrected chi connectivity index (χ4v) is 3.16. The predicted molar refractivity (Wildman–Crippen MR) is 107 cm³/mol. The first-order chi connectivity index (χ1) is 12.9. The fraction of sp³-hybridized carbons (Fsp3) is 0.412. The van der Waals surface area contributed by atoms with E-state index in [0.29, 0.717) is 36.4 Å². The number of nitro groups is 1. The summed E-state index contributed by atoms with van der Waals surface area (Å²) in [6, 6.07) is 6.49. The number of hydrogen-bond donors (Lipinski definition) is 1. The standard InChI is InChI=1S/C17H21Cl2N5O3/c1-12(23-13(2)20-11-16(23)24(26)27)17(25)21-14-3-5-15(6-4-14)22(9-7-18)10-8-19/h3-6,11-12H,7-10H2,1-2H3,(H,21,25).